The van der Waals surface area contributed by atoms with E-state index in [1.54, 1.807) is 0 Å². The third-order valence-corrected chi connectivity index (χ3v) is 2.52. The summed E-state index contributed by atoms with van der Waals surface area (Å²) >= 11 is 3.32. The Balaban J connectivity index is 2.30. The first-order chi connectivity index (χ1) is 6.36. The highest BCUT2D eigenvalue weighted by Crippen LogP contribution is 2.21. The van der Waals surface area contributed by atoms with Gasteiger partial charge < -0.3 is 0 Å². The lowest BCUT2D eigenvalue weighted by Crippen LogP contribution is -1.86. The van der Waals surface area contributed by atoms with E-state index in [-0.39, 0.29) is 0 Å². The third kappa shape index (κ3) is 2.07. The maximum atomic E-state index is 4.20. The normalized spacial score (nSPS) is 15.6. The molecule has 0 amide bonds. The standard InChI is InChI=1S/C11H10BrN/c12-11-7-6-10(8-13-11)9-4-2-1-3-5-9/h2,4-8H,1,3H2. The molecule has 13 heavy (non-hydrogen) atoms. The second-order valence-electron chi connectivity index (χ2n) is 3.01. The van der Waals surface area contributed by atoms with Crippen molar-refractivity contribution < 1.29 is 0 Å². The number of hydrogen-bond acceptors (Lipinski definition) is 1. The van der Waals surface area contributed by atoms with Crippen molar-refractivity contribution in [2.24, 2.45) is 0 Å². The number of allylic oxidation sites excluding steroid dienone is 4. The van der Waals surface area contributed by atoms with Gasteiger partial charge in [0.15, 0.2) is 0 Å². The molecule has 0 N–H and O–H groups in total. The van der Waals surface area contributed by atoms with Gasteiger partial charge in [-0.05, 0) is 46.0 Å². The Kier molecular flexibility index (Phi) is 2.60. The SMILES string of the molecule is Brc1ccc(C2=CCCC=C2)cn1. The molecule has 0 saturated heterocycles. The average Bonchev–Trinajstić information content (AvgIpc) is 2.20. The Bertz CT molecular complexity index is 349. The van der Waals surface area contributed by atoms with Gasteiger partial charge in [0.05, 0.1) is 0 Å². The van der Waals surface area contributed by atoms with Crippen molar-refractivity contribution in [2.75, 3.05) is 0 Å². The molecule has 1 aliphatic rings. The minimum absolute atomic E-state index is 0.886. The topological polar surface area (TPSA) is 12.9 Å². The summed E-state index contributed by atoms with van der Waals surface area (Å²) in [5.41, 5.74) is 2.48. The lowest BCUT2D eigenvalue weighted by atomic mass is 10.0. The molecule has 1 nitrogen and oxygen atoms in total. The number of rotatable bonds is 1. The maximum absolute atomic E-state index is 4.20. The van der Waals surface area contributed by atoms with E-state index >= 15 is 0 Å². The van der Waals surface area contributed by atoms with Crippen LogP contribution in [0.2, 0.25) is 0 Å². The maximum Gasteiger partial charge on any atom is 0.106 e. The second-order valence-corrected chi connectivity index (χ2v) is 3.82. The van der Waals surface area contributed by atoms with Gasteiger partial charge in [-0.1, -0.05) is 24.3 Å². The van der Waals surface area contributed by atoms with Crippen LogP contribution in [0.4, 0.5) is 0 Å². The van der Waals surface area contributed by atoms with E-state index in [4.69, 9.17) is 0 Å². The van der Waals surface area contributed by atoms with Gasteiger partial charge in [-0.15, -0.1) is 0 Å². The zero-order valence-corrected chi connectivity index (χ0v) is 8.79. The Labute approximate surface area is 86.3 Å². The van der Waals surface area contributed by atoms with E-state index in [1.165, 1.54) is 11.1 Å². The van der Waals surface area contributed by atoms with E-state index in [9.17, 15) is 0 Å². The monoisotopic (exact) mass is 235 g/mol. The summed E-state index contributed by atoms with van der Waals surface area (Å²) in [6, 6.07) is 4.05. The van der Waals surface area contributed by atoms with Crippen molar-refractivity contribution >= 4 is 21.5 Å². The highest BCUT2D eigenvalue weighted by molar-refractivity contribution is 9.10. The quantitative estimate of drug-likeness (QED) is 0.679. The van der Waals surface area contributed by atoms with Crippen LogP contribution in [0.25, 0.3) is 5.57 Å². The zero-order valence-electron chi connectivity index (χ0n) is 7.20. The highest BCUT2D eigenvalue weighted by atomic mass is 79.9. The molecule has 2 rings (SSSR count). The molecule has 0 saturated carbocycles. The van der Waals surface area contributed by atoms with Crippen molar-refractivity contribution in [3.63, 3.8) is 0 Å². The number of halogens is 1. The molecular formula is C11H10BrN. The molecule has 0 unspecified atom stereocenters. The van der Waals surface area contributed by atoms with Crippen LogP contribution in [0.1, 0.15) is 18.4 Å². The van der Waals surface area contributed by atoms with Crippen LogP contribution in [-0.2, 0) is 0 Å². The number of aromatic nitrogens is 1. The first kappa shape index (κ1) is 8.70. The van der Waals surface area contributed by atoms with Gasteiger partial charge >= 0.3 is 0 Å². The number of nitrogens with zero attached hydrogens (tertiary/aromatic N) is 1. The molecule has 0 aromatic carbocycles. The van der Waals surface area contributed by atoms with Gasteiger partial charge in [-0.2, -0.15) is 0 Å². The van der Waals surface area contributed by atoms with E-state index in [2.05, 4.69) is 45.2 Å². The van der Waals surface area contributed by atoms with Gasteiger partial charge in [-0.3, -0.25) is 0 Å². The van der Waals surface area contributed by atoms with Crippen LogP contribution in [-0.4, -0.2) is 4.98 Å². The average molecular weight is 236 g/mol. The molecule has 66 valence electrons. The van der Waals surface area contributed by atoms with Crippen LogP contribution in [0, 0.1) is 0 Å². The van der Waals surface area contributed by atoms with Crippen LogP contribution in [0.15, 0.2) is 41.2 Å². The molecule has 2 heteroatoms. The molecule has 0 radical (unpaired) electrons. The minimum atomic E-state index is 0.886. The Morgan fingerprint density at radius 2 is 2.15 bits per heavy atom. The van der Waals surface area contributed by atoms with Crippen LogP contribution in [0.3, 0.4) is 0 Å². The fraction of sp³-hybridized carbons (Fsp3) is 0.182. The van der Waals surface area contributed by atoms with Gasteiger partial charge in [-0.25, -0.2) is 4.98 Å². The van der Waals surface area contributed by atoms with Crippen molar-refractivity contribution in [1.29, 1.82) is 0 Å². The van der Waals surface area contributed by atoms with Crippen molar-refractivity contribution in [1.82, 2.24) is 4.98 Å². The Morgan fingerprint density at radius 1 is 1.23 bits per heavy atom. The van der Waals surface area contributed by atoms with Crippen LogP contribution in [0.5, 0.6) is 0 Å². The third-order valence-electron chi connectivity index (χ3n) is 2.06. The lowest BCUT2D eigenvalue weighted by molar-refractivity contribution is 1.04. The van der Waals surface area contributed by atoms with Gasteiger partial charge in [0, 0.05) is 6.20 Å². The van der Waals surface area contributed by atoms with Gasteiger partial charge in [0.1, 0.15) is 4.60 Å². The highest BCUT2D eigenvalue weighted by Gasteiger charge is 2.00. The smallest absolute Gasteiger partial charge is 0.106 e. The number of hydrogen-bond donors (Lipinski definition) is 0. The first-order valence-electron chi connectivity index (χ1n) is 4.35. The number of pyridine rings is 1. The minimum Gasteiger partial charge on any atom is -0.249 e. The summed E-state index contributed by atoms with van der Waals surface area (Å²) in [6.45, 7) is 0. The molecule has 1 heterocycles. The Morgan fingerprint density at radius 3 is 2.77 bits per heavy atom. The van der Waals surface area contributed by atoms with Crippen LogP contribution < -0.4 is 0 Å². The summed E-state index contributed by atoms with van der Waals surface area (Å²) in [6.07, 6.45) is 10.8. The zero-order chi connectivity index (χ0) is 9.10. The molecule has 0 fully saturated rings. The summed E-state index contributed by atoms with van der Waals surface area (Å²) < 4.78 is 0.886. The first-order valence-corrected chi connectivity index (χ1v) is 5.14. The van der Waals surface area contributed by atoms with Crippen LogP contribution >= 0.6 is 15.9 Å². The molecule has 1 aromatic rings. The predicted octanol–water partition coefficient (Wildman–Crippen LogP) is 3.58. The van der Waals surface area contributed by atoms with Crippen molar-refractivity contribution in [3.8, 4) is 0 Å². The lowest BCUT2D eigenvalue weighted by Gasteiger charge is -2.06. The Hall–Kier alpha value is -0.890. The largest absolute Gasteiger partial charge is 0.249 e. The molecule has 0 bridgehead atoms. The van der Waals surface area contributed by atoms with Crippen molar-refractivity contribution in [3.05, 3.63) is 46.7 Å². The molecule has 1 aromatic heterocycles. The fourth-order valence-corrected chi connectivity index (χ4v) is 1.61. The molecular weight excluding hydrogens is 226 g/mol. The van der Waals surface area contributed by atoms with E-state index < -0.39 is 0 Å². The van der Waals surface area contributed by atoms with E-state index in [0.717, 1.165) is 17.4 Å². The summed E-state index contributed by atoms with van der Waals surface area (Å²) in [4.78, 5) is 4.20. The van der Waals surface area contributed by atoms with E-state index in [1.807, 2.05) is 12.3 Å². The van der Waals surface area contributed by atoms with Crippen molar-refractivity contribution in [2.45, 2.75) is 12.8 Å². The van der Waals surface area contributed by atoms with E-state index in [0.29, 0.717) is 0 Å². The second kappa shape index (κ2) is 3.88. The van der Waals surface area contributed by atoms with Gasteiger partial charge in [0.2, 0.25) is 0 Å². The summed E-state index contributed by atoms with van der Waals surface area (Å²) in [7, 11) is 0. The predicted molar refractivity (Wildman–Crippen MR) is 58.3 cm³/mol. The molecule has 1 aliphatic carbocycles. The summed E-state index contributed by atoms with van der Waals surface area (Å²) in [5, 5.41) is 0. The van der Waals surface area contributed by atoms with Gasteiger partial charge in [0.25, 0.3) is 0 Å². The fourth-order valence-electron chi connectivity index (χ4n) is 1.37. The molecule has 0 atom stereocenters. The molecule has 0 aliphatic heterocycles. The molecule has 0 spiro atoms. The summed E-state index contributed by atoms with van der Waals surface area (Å²) in [5.74, 6) is 0.